The third kappa shape index (κ3) is 5.97. The number of benzene rings is 2. The molecule has 2 aliphatic rings. The molecule has 0 bridgehead atoms. The van der Waals surface area contributed by atoms with Crippen LogP contribution >= 0.6 is 11.6 Å². The zero-order chi connectivity index (χ0) is 29.4. The highest BCUT2D eigenvalue weighted by molar-refractivity contribution is 6.33. The molecule has 0 saturated heterocycles. The number of halogens is 2. The van der Waals surface area contributed by atoms with Gasteiger partial charge in [0.1, 0.15) is 17.6 Å². The van der Waals surface area contributed by atoms with Gasteiger partial charge in [-0.05, 0) is 56.0 Å². The molecule has 0 unspecified atom stereocenters. The summed E-state index contributed by atoms with van der Waals surface area (Å²) in [5, 5.41) is 25.9. The Morgan fingerprint density at radius 2 is 1.90 bits per heavy atom. The Balaban J connectivity index is 1.29. The molecule has 10 nitrogen and oxygen atoms in total. The summed E-state index contributed by atoms with van der Waals surface area (Å²) in [5.41, 5.74) is 2.77. The van der Waals surface area contributed by atoms with Gasteiger partial charge in [-0.1, -0.05) is 23.7 Å². The number of hydrogen-bond acceptors (Lipinski definition) is 8. The van der Waals surface area contributed by atoms with Crippen molar-refractivity contribution in [3.05, 3.63) is 70.1 Å². The van der Waals surface area contributed by atoms with Gasteiger partial charge in [-0.15, -0.1) is 0 Å². The number of nitrogens with one attached hydrogen (secondary N) is 2. The minimum atomic E-state index is -0.803. The number of aliphatic hydroxyl groups is 2. The second kappa shape index (κ2) is 11.6. The molecule has 5 rings (SSSR count). The van der Waals surface area contributed by atoms with Crippen molar-refractivity contribution >= 4 is 29.4 Å². The van der Waals surface area contributed by atoms with Crippen LogP contribution < -0.4 is 15.4 Å². The van der Waals surface area contributed by atoms with Crippen LogP contribution in [0.1, 0.15) is 54.2 Å². The van der Waals surface area contributed by atoms with E-state index in [0.717, 1.165) is 5.56 Å². The number of methoxy groups -OCH3 is 1. The smallest absolute Gasteiger partial charge is 0.255 e. The molecule has 1 aliphatic carbocycles. The van der Waals surface area contributed by atoms with Crippen molar-refractivity contribution in [1.29, 1.82) is 0 Å². The summed E-state index contributed by atoms with van der Waals surface area (Å²) < 4.78 is 19.1. The Hall–Kier alpha value is -3.80. The number of aromatic nitrogens is 2. The van der Waals surface area contributed by atoms with Crippen molar-refractivity contribution in [3.8, 4) is 17.0 Å². The average Bonchev–Trinajstić information content (AvgIpc) is 3.45. The first kappa shape index (κ1) is 28.7. The van der Waals surface area contributed by atoms with Gasteiger partial charge >= 0.3 is 0 Å². The molecule has 2 aromatic carbocycles. The lowest BCUT2D eigenvalue weighted by molar-refractivity contribution is -0.125. The van der Waals surface area contributed by atoms with Crippen molar-refractivity contribution in [1.82, 2.24) is 20.2 Å². The maximum atomic E-state index is 14.0. The number of ether oxygens (including phenoxy) is 1. The second-order valence-corrected chi connectivity index (χ2v) is 10.9. The molecule has 41 heavy (non-hydrogen) atoms. The number of nitrogens with zero attached hydrogens (tertiary/aromatic N) is 3. The number of fused-ring (bicyclic) bond motifs is 1. The van der Waals surface area contributed by atoms with E-state index in [-0.39, 0.29) is 24.4 Å². The SMILES string of the molecule is COc1cc(F)cc([C@@H](C)NC(=O)[C@@H](C)N2Cc3ccc(-c4nc(NC5C[C@@H](O)[C@H](O)C5)ncc4Cl)cc3C2=O)c1. The first-order valence-corrected chi connectivity index (χ1v) is 13.7. The van der Waals surface area contributed by atoms with Crippen molar-refractivity contribution in [3.63, 3.8) is 0 Å². The van der Waals surface area contributed by atoms with Crippen LogP contribution in [0.25, 0.3) is 11.3 Å². The molecular weight excluding hydrogens is 553 g/mol. The van der Waals surface area contributed by atoms with Crippen molar-refractivity contribution in [2.45, 2.75) is 63.6 Å². The van der Waals surface area contributed by atoms with Crippen LogP contribution in [-0.4, -0.2) is 68.3 Å². The molecule has 4 N–H and O–H groups in total. The summed E-state index contributed by atoms with van der Waals surface area (Å²) in [5.74, 6) is -0.518. The van der Waals surface area contributed by atoms with E-state index in [1.54, 1.807) is 32.0 Å². The molecular formula is C29H31ClFN5O5. The van der Waals surface area contributed by atoms with Crippen molar-refractivity contribution in [2.75, 3.05) is 12.4 Å². The topological polar surface area (TPSA) is 137 Å². The fourth-order valence-corrected chi connectivity index (χ4v) is 5.43. The maximum absolute atomic E-state index is 14.0. The number of carbonyl (C=O) groups is 2. The molecule has 1 saturated carbocycles. The molecule has 3 aromatic rings. The molecule has 12 heteroatoms. The summed E-state index contributed by atoms with van der Waals surface area (Å²) in [7, 11) is 1.44. The van der Waals surface area contributed by atoms with E-state index in [4.69, 9.17) is 16.3 Å². The number of anilines is 1. The van der Waals surface area contributed by atoms with E-state index in [1.807, 2.05) is 6.07 Å². The predicted molar refractivity (Wildman–Crippen MR) is 150 cm³/mol. The summed E-state index contributed by atoms with van der Waals surface area (Å²) >= 11 is 6.42. The highest BCUT2D eigenvalue weighted by Crippen LogP contribution is 2.33. The zero-order valence-corrected chi connectivity index (χ0v) is 23.5. The third-order valence-corrected chi connectivity index (χ3v) is 7.90. The van der Waals surface area contributed by atoms with E-state index >= 15 is 0 Å². The number of amides is 2. The molecule has 1 aromatic heterocycles. The van der Waals surface area contributed by atoms with Crippen LogP contribution in [0.5, 0.6) is 5.75 Å². The summed E-state index contributed by atoms with van der Waals surface area (Å²) in [6.45, 7) is 3.63. The van der Waals surface area contributed by atoms with Crippen molar-refractivity contribution < 1.29 is 28.9 Å². The zero-order valence-electron chi connectivity index (χ0n) is 22.8. The molecule has 216 valence electrons. The Bertz CT molecular complexity index is 1480. The molecule has 0 radical (unpaired) electrons. The molecule has 2 heterocycles. The predicted octanol–water partition coefficient (Wildman–Crippen LogP) is 3.46. The Kier molecular flexibility index (Phi) is 8.12. The highest BCUT2D eigenvalue weighted by atomic mass is 35.5. The second-order valence-electron chi connectivity index (χ2n) is 10.5. The average molecular weight is 584 g/mol. The van der Waals surface area contributed by atoms with Crippen LogP contribution in [0.15, 0.2) is 42.6 Å². The van der Waals surface area contributed by atoms with E-state index in [2.05, 4.69) is 20.6 Å². The minimum Gasteiger partial charge on any atom is -0.497 e. The van der Waals surface area contributed by atoms with Gasteiger partial charge in [0.15, 0.2) is 0 Å². The molecule has 1 aliphatic heterocycles. The van der Waals surface area contributed by atoms with Crippen LogP contribution in [0.2, 0.25) is 5.02 Å². The fraction of sp³-hybridized carbons (Fsp3) is 0.379. The monoisotopic (exact) mass is 583 g/mol. The minimum absolute atomic E-state index is 0.192. The lowest BCUT2D eigenvalue weighted by Crippen LogP contribution is -2.45. The van der Waals surface area contributed by atoms with Gasteiger partial charge in [0.25, 0.3) is 5.91 Å². The van der Waals surface area contributed by atoms with Gasteiger partial charge < -0.3 is 30.5 Å². The van der Waals surface area contributed by atoms with Gasteiger partial charge in [0.2, 0.25) is 11.9 Å². The summed E-state index contributed by atoms with van der Waals surface area (Å²) in [4.78, 5) is 36.7. The Labute approximate surface area is 241 Å². The van der Waals surface area contributed by atoms with E-state index in [1.165, 1.54) is 30.3 Å². The van der Waals surface area contributed by atoms with Crippen LogP contribution in [0.4, 0.5) is 10.3 Å². The van der Waals surface area contributed by atoms with Crippen molar-refractivity contribution in [2.24, 2.45) is 0 Å². The normalized spacial score (nSPS) is 20.1. The van der Waals surface area contributed by atoms with Crippen LogP contribution in [0.3, 0.4) is 0 Å². The Morgan fingerprint density at radius 3 is 2.61 bits per heavy atom. The maximum Gasteiger partial charge on any atom is 0.255 e. The number of hydrogen-bond donors (Lipinski definition) is 4. The Morgan fingerprint density at radius 1 is 1.17 bits per heavy atom. The molecule has 0 spiro atoms. The van der Waals surface area contributed by atoms with Gasteiger partial charge in [0, 0.05) is 29.8 Å². The van der Waals surface area contributed by atoms with Crippen LogP contribution in [-0.2, 0) is 11.3 Å². The largest absolute Gasteiger partial charge is 0.497 e. The quantitative estimate of drug-likeness (QED) is 0.316. The number of aliphatic hydroxyl groups excluding tert-OH is 2. The van der Waals surface area contributed by atoms with Crippen LogP contribution in [0, 0.1) is 5.82 Å². The molecule has 1 fully saturated rings. The molecule has 4 atom stereocenters. The van der Waals surface area contributed by atoms with E-state index in [9.17, 15) is 24.2 Å². The standard InChI is InChI=1S/C29H31ClFN5O5/c1-14(18-6-19(31)9-21(7-18)41-3)33-27(39)15(2)36-13-17-5-4-16(8-22(17)28(36)40)26-23(30)12-32-29(35-26)34-20-10-24(37)25(38)11-20/h4-9,12,14-15,20,24-25,37-38H,10-11,13H2,1-3H3,(H,33,39)(H,32,34,35)/t14-,15-,24-,25-/m1/s1. The van der Waals surface area contributed by atoms with Gasteiger partial charge in [-0.2, -0.15) is 0 Å². The van der Waals surface area contributed by atoms with E-state index < -0.39 is 30.1 Å². The highest BCUT2D eigenvalue weighted by Gasteiger charge is 2.35. The third-order valence-electron chi connectivity index (χ3n) is 7.62. The number of rotatable bonds is 8. The van der Waals surface area contributed by atoms with Gasteiger partial charge in [-0.3, -0.25) is 9.59 Å². The lowest BCUT2D eigenvalue weighted by Gasteiger charge is -2.25. The fourth-order valence-electron chi connectivity index (χ4n) is 5.23. The summed E-state index contributed by atoms with van der Waals surface area (Å²) in [6, 6.07) is 8.06. The van der Waals surface area contributed by atoms with E-state index in [0.29, 0.717) is 51.9 Å². The first-order valence-electron chi connectivity index (χ1n) is 13.3. The lowest BCUT2D eigenvalue weighted by atomic mass is 10.0. The summed E-state index contributed by atoms with van der Waals surface area (Å²) in [6.07, 6.45) is 0.584. The number of carbonyl (C=O) groups excluding carboxylic acids is 2. The van der Waals surface area contributed by atoms with Gasteiger partial charge in [-0.25, -0.2) is 14.4 Å². The molecule has 2 amide bonds. The first-order chi connectivity index (χ1) is 19.5. The van der Waals surface area contributed by atoms with Gasteiger partial charge in [0.05, 0.1) is 42.3 Å².